The van der Waals surface area contributed by atoms with Crippen LogP contribution >= 0.6 is 0 Å². The minimum absolute atomic E-state index is 0.102. The molecular formula is C14H20FNO3. The van der Waals surface area contributed by atoms with Crippen molar-refractivity contribution in [3.05, 3.63) is 29.6 Å². The molecule has 1 aromatic rings. The molecule has 0 saturated heterocycles. The zero-order chi connectivity index (χ0) is 14.4. The molecule has 0 aromatic heterocycles. The van der Waals surface area contributed by atoms with E-state index in [1.807, 2.05) is 18.7 Å². The molecule has 0 aliphatic carbocycles. The minimum atomic E-state index is -0.388. The molecule has 5 heteroatoms. The topological polar surface area (TPSA) is 38.8 Å². The molecule has 0 aliphatic heterocycles. The largest absolute Gasteiger partial charge is 0.494 e. The molecule has 0 unspecified atom stereocenters. The molecule has 0 saturated carbocycles. The molecule has 0 amide bonds. The first-order chi connectivity index (χ1) is 8.99. The van der Waals surface area contributed by atoms with Gasteiger partial charge in [0.05, 0.1) is 20.8 Å². The summed E-state index contributed by atoms with van der Waals surface area (Å²) in [5, 5.41) is 0. The van der Waals surface area contributed by atoms with E-state index in [2.05, 4.69) is 4.74 Å². The van der Waals surface area contributed by atoms with Crippen molar-refractivity contribution in [3.63, 3.8) is 0 Å². The Balaban J connectivity index is 2.87. The van der Waals surface area contributed by atoms with E-state index in [1.165, 1.54) is 14.2 Å². The summed E-state index contributed by atoms with van der Waals surface area (Å²) in [7, 11) is 2.77. The maximum absolute atomic E-state index is 14.0. The zero-order valence-corrected chi connectivity index (χ0v) is 11.8. The predicted molar refractivity (Wildman–Crippen MR) is 70.5 cm³/mol. The Morgan fingerprint density at radius 1 is 1.37 bits per heavy atom. The Kier molecular flexibility index (Phi) is 5.76. The van der Waals surface area contributed by atoms with Gasteiger partial charge in [-0.1, -0.05) is 12.1 Å². The lowest BCUT2D eigenvalue weighted by Gasteiger charge is -2.25. The van der Waals surface area contributed by atoms with Crippen molar-refractivity contribution in [2.75, 3.05) is 20.8 Å². The van der Waals surface area contributed by atoms with Crippen LogP contribution in [0.4, 0.5) is 4.39 Å². The molecule has 0 atom stereocenters. The zero-order valence-electron chi connectivity index (χ0n) is 11.8. The Bertz CT molecular complexity index is 435. The first-order valence-electron chi connectivity index (χ1n) is 6.11. The van der Waals surface area contributed by atoms with Crippen LogP contribution in [0, 0.1) is 5.82 Å². The summed E-state index contributed by atoms with van der Waals surface area (Å²) in [6.45, 7) is 4.35. The number of carbonyl (C=O) groups excluding carboxylic acids is 1. The van der Waals surface area contributed by atoms with Crippen LogP contribution in [0.5, 0.6) is 5.75 Å². The number of methoxy groups -OCH3 is 2. The summed E-state index contributed by atoms with van der Waals surface area (Å²) < 4.78 is 23.6. The van der Waals surface area contributed by atoms with Crippen molar-refractivity contribution in [1.29, 1.82) is 0 Å². The average molecular weight is 269 g/mol. The Morgan fingerprint density at radius 3 is 2.58 bits per heavy atom. The Hall–Kier alpha value is -1.62. The second-order valence-corrected chi connectivity index (χ2v) is 4.51. The molecule has 0 fully saturated rings. The second-order valence-electron chi connectivity index (χ2n) is 4.51. The van der Waals surface area contributed by atoms with E-state index < -0.39 is 0 Å². The highest BCUT2D eigenvalue weighted by atomic mass is 19.1. The third-order valence-electron chi connectivity index (χ3n) is 2.93. The summed E-state index contributed by atoms with van der Waals surface area (Å²) in [6.07, 6.45) is 0. The number of hydrogen-bond donors (Lipinski definition) is 0. The number of rotatable bonds is 6. The maximum Gasteiger partial charge on any atom is 0.319 e. The summed E-state index contributed by atoms with van der Waals surface area (Å²) in [6, 6.07) is 5.08. The van der Waals surface area contributed by atoms with E-state index in [0.717, 1.165) is 0 Å². The first kappa shape index (κ1) is 15.4. The lowest BCUT2D eigenvalue weighted by atomic mass is 10.1. The highest BCUT2D eigenvalue weighted by Gasteiger charge is 2.17. The molecule has 0 bridgehead atoms. The molecule has 0 N–H and O–H groups in total. The van der Waals surface area contributed by atoms with Crippen LogP contribution < -0.4 is 4.74 Å². The number of benzene rings is 1. The van der Waals surface area contributed by atoms with Crippen molar-refractivity contribution in [2.45, 2.75) is 26.4 Å². The third kappa shape index (κ3) is 4.21. The van der Waals surface area contributed by atoms with Crippen LogP contribution in [0.2, 0.25) is 0 Å². The molecule has 106 valence electrons. The van der Waals surface area contributed by atoms with E-state index in [9.17, 15) is 9.18 Å². The van der Waals surface area contributed by atoms with Gasteiger partial charge in [-0.2, -0.15) is 0 Å². The van der Waals surface area contributed by atoms with Gasteiger partial charge in [0.1, 0.15) is 0 Å². The lowest BCUT2D eigenvalue weighted by Crippen LogP contribution is -2.35. The van der Waals surface area contributed by atoms with Gasteiger partial charge >= 0.3 is 5.97 Å². The van der Waals surface area contributed by atoms with Crippen LogP contribution in [-0.4, -0.2) is 37.7 Å². The number of ether oxygens (including phenoxy) is 2. The summed E-state index contributed by atoms with van der Waals surface area (Å²) >= 11 is 0. The van der Waals surface area contributed by atoms with E-state index in [-0.39, 0.29) is 30.1 Å². The fourth-order valence-corrected chi connectivity index (χ4v) is 1.71. The fraction of sp³-hybridized carbons (Fsp3) is 0.500. The van der Waals surface area contributed by atoms with Gasteiger partial charge in [-0.25, -0.2) is 4.39 Å². The molecule has 19 heavy (non-hydrogen) atoms. The molecule has 1 rings (SSSR count). The monoisotopic (exact) mass is 269 g/mol. The highest BCUT2D eigenvalue weighted by molar-refractivity contribution is 5.71. The van der Waals surface area contributed by atoms with Crippen molar-refractivity contribution in [3.8, 4) is 5.75 Å². The van der Waals surface area contributed by atoms with Crippen molar-refractivity contribution < 1.29 is 18.7 Å². The average Bonchev–Trinajstić information content (AvgIpc) is 2.39. The maximum atomic E-state index is 14.0. The SMILES string of the molecule is COC(=O)CN(Cc1cccc(OC)c1F)C(C)C. The van der Waals surface area contributed by atoms with E-state index in [4.69, 9.17) is 4.74 Å². The standard InChI is InChI=1S/C14H20FNO3/c1-10(2)16(9-13(17)19-4)8-11-6-5-7-12(18-3)14(11)15/h5-7,10H,8-9H2,1-4H3. The van der Waals surface area contributed by atoms with Crippen LogP contribution in [0.15, 0.2) is 18.2 Å². The quantitative estimate of drug-likeness (QED) is 0.742. The smallest absolute Gasteiger partial charge is 0.319 e. The van der Waals surface area contributed by atoms with E-state index in [0.29, 0.717) is 12.1 Å². The molecule has 1 aromatic carbocycles. The number of carbonyl (C=O) groups is 1. The predicted octanol–water partition coefficient (Wildman–Crippen LogP) is 2.22. The van der Waals surface area contributed by atoms with Crippen LogP contribution in [0.3, 0.4) is 0 Å². The van der Waals surface area contributed by atoms with Crippen molar-refractivity contribution in [1.82, 2.24) is 4.90 Å². The molecule has 0 radical (unpaired) electrons. The van der Waals surface area contributed by atoms with Crippen LogP contribution in [-0.2, 0) is 16.1 Å². The highest BCUT2D eigenvalue weighted by Crippen LogP contribution is 2.21. The molecular weight excluding hydrogens is 249 g/mol. The number of hydrogen-bond acceptors (Lipinski definition) is 4. The van der Waals surface area contributed by atoms with Gasteiger partial charge in [-0.15, -0.1) is 0 Å². The van der Waals surface area contributed by atoms with Gasteiger partial charge in [0.2, 0.25) is 0 Å². The first-order valence-corrected chi connectivity index (χ1v) is 6.11. The normalized spacial score (nSPS) is 10.9. The van der Waals surface area contributed by atoms with Gasteiger partial charge in [-0.3, -0.25) is 9.69 Å². The van der Waals surface area contributed by atoms with Gasteiger partial charge in [0.25, 0.3) is 0 Å². The number of nitrogens with zero attached hydrogens (tertiary/aromatic N) is 1. The van der Waals surface area contributed by atoms with Crippen molar-refractivity contribution in [2.24, 2.45) is 0 Å². The van der Waals surface area contributed by atoms with E-state index in [1.54, 1.807) is 18.2 Å². The molecule has 0 spiro atoms. The number of esters is 1. The lowest BCUT2D eigenvalue weighted by molar-refractivity contribution is -0.142. The summed E-state index contributed by atoms with van der Waals surface area (Å²) in [4.78, 5) is 13.2. The minimum Gasteiger partial charge on any atom is -0.494 e. The molecule has 0 heterocycles. The molecule has 4 nitrogen and oxygen atoms in total. The van der Waals surface area contributed by atoms with Gasteiger partial charge in [-0.05, 0) is 19.9 Å². The van der Waals surface area contributed by atoms with Crippen LogP contribution in [0.1, 0.15) is 19.4 Å². The van der Waals surface area contributed by atoms with Gasteiger partial charge in [0.15, 0.2) is 11.6 Å². The van der Waals surface area contributed by atoms with Gasteiger partial charge in [0, 0.05) is 18.2 Å². The third-order valence-corrected chi connectivity index (χ3v) is 2.93. The fourth-order valence-electron chi connectivity index (χ4n) is 1.71. The second kappa shape index (κ2) is 7.09. The summed E-state index contributed by atoms with van der Waals surface area (Å²) in [5.74, 6) is -0.517. The Morgan fingerprint density at radius 2 is 2.05 bits per heavy atom. The molecule has 0 aliphatic rings. The summed E-state index contributed by atoms with van der Waals surface area (Å²) in [5.41, 5.74) is 0.497. The van der Waals surface area contributed by atoms with Crippen molar-refractivity contribution >= 4 is 5.97 Å². The van der Waals surface area contributed by atoms with Crippen LogP contribution in [0.25, 0.3) is 0 Å². The van der Waals surface area contributed by atoms with E-state index >= 15 is 0 Å². The number of halogens is 1. The Labute approximate surface area is 113 Å². The van der Waals surface area contributed by atoms with Gasteiger partial charge < -0.3 is 9.47 Å².